The number of carbonyl (C=O) groups excluding carboxylic acids is 1. The SMILES string of the molecule is O=C(c1cnn(-c2ccccc2)n1)N1CC(c2nc3ccccc3[nH]2)C1. The van der Waals surface area contributed by atoms with Crippen LogP contribution in [-0.4, -0.2) is 48.9 Å². The molecule has 1 aliphatic rings. The Morgan fingerprint density at radius 1 is 1.04 bits per heavy atom. The molecule has 26 heavy (non-hydrogen) atoms. The van der Waals surface area contributed by atoms with Crippen molar-refractivity contribution in [3.63, 3.8) is 0 Å². The van der Waals surface area contributed by atoms with E-state index < -0.39 is 0 Å². The molecule has 1 amide bonds. The summed E-state index contributed by atoms with van der Waals surface area (Å²) in [5.41, 5.74) is 3.17. The quantitative estimate of drug-likeness (QED) is 0.619. The number of H-pyrrole nitrogens is 1. The lowest BCUT2D eigenvalue weighted by atomic mass is 9.99. The van der Waals surface area contributed by atoms with Crippen LogP contribution in [0.2, 0.25) is 0 Å². The average Bonchev–Trinajstić information content (AvgIpc) is 3.28. The van der Waals surface area contributed by atoms with Gasteiger partial charge in [-0.05, 0) is 24.3 Å². The molecular weight excluding hydrogens is 328 g/mol. The number of hydrogen-bond acceptors (Lipinski definition) is 4. The molecule has 5 rings (SSSR count). The van der Waals surface area contributed by atoms with E-state index in [2.05, 4.69) is 20.2 Å². The van der Waals surface area contributed by atoms with Crippen molar-refractivity contribution in [2.24, 2.45) is 0 Å². The lowest BCUT2D eigenvalue weighted by molar-refractivity contribution is 0.0589. The molecule has 0 atom stereocenters. The van der Waals surface area contributed by atoms with E-state index in [0.717, 1.165) is 22.5 Å². The molecule has 0 unspecified atom stereocenters. The number of para-hydroxylation sites is 3. The number of amides is 1. The maximum atomic E-state index is 12.6. The van der Waals surface area contributed by atoms with E-state index in [1.807, 2.05) is 54.6 Å². The predicted octanol–water partition coefficient (Wildman–Crippen LogP) is 2.38. The number of nitrogens with zero attached hydrogens (tertiary/aromatic N) is 5. The number of aromatic nitrogens is 5. The van der Waals surface area contributed by atoms with Crippen molar-refractivity contribution < 1.29 is 4.79 Å². The van der Waals surface area contributed by atoms with Crippen LogP contribution in [0.1, 0.15) is 22.2 Å². The molecule has 2 aromatic carbocycles. The minimum atomic E-state index is -0.0976. The molecule has 1 fully saturated rings. The summed E-state index contributed by atoms with van der Waals surface area (Å²) in [5, 5.41) is 8.50. The zero-order valence-corrected chi connectivity index (χ0v) is 13.9. The van der Waals surface area contributed by atoms with Crippen molar-refractivity contribution in [1.82, 2.24) is 29.9 Å². The highest BCUT2D eigenvalue weighted by Crippen LogP contribution is 2.27. The van der Waals surface area contributed by atoms with Crippen molar-refractivity contribution in [3.05, 3.63) is 72.3 Å². The van der Waals surface area contributed by atoms with Crippen molar-refractivity contribution in [2.75, 3.05) is 13.1 Å². The second kappa shape index (κ2) is 5.80. The van der Waals surface area contributed by atoms with Gasteiger partial charge < -0.3 is 9.88 Å². The Morgan fingerprint density at radius 2 is 1.81 bits per heavy atom. The summed E-state index contributed by atoms with van der Waals surface area (Å²) < 4.78 is 0. The van der Waals surface area contributed by atoms with Crippen molar-refractivity contribution >= 4 is 16.9 Å². The molecule has 4 aromatic rings. The summed E-state index contributed by atoms with van der Waals surface area (Å²) in [4.78, 5) is 23.8. The molecule has 2 aromatic heterocycles. The van der Waals surface area contributed by atoms with E-state index in [1.54, 1.807) is 4.90 Å². The fraction of sp³-hybridized carbons (Fsp3) is 0.158. The topological polar surface area (TPSA) is 79.7 Å². The lowest BCUT2D eigenvalue weighted by Gasteiger charge is -2.37. The van der Waals surface area contributed by atoms with Gasteiger partial charge in [-0.25, -0.2) is 4.98 Å². The summed E-state index contributed by atoms with van der Waals surface area (Å²) in [6, 6.07) is 17.5. The van der Waals surface area contributed by atoms with Gasteiger partial charge in [0.1, 0.15) is 5.82 Å². The highest BCUT2D eigenvalue weighted by molar-refractivity contribution is 5.92. The monoisotopic (exact) mass is 344 g/mol. The van der Waals surface area contributed by atoms with Crippen LogP contribution in [0.3, 0.4) is 0 Å². The standard InChI is InChI=1S/C19H16N6O/c26-19(17-10-20-25(23-17)14-6-2-1-3-7-14)24-11-13(12-24)18-21-15-8-4-5-9-16(15)22-18/h1-10,13H,11-12H2,(H,21,22). The van der Waals surface area contributed by atoms with E-state index >= 15 is 0 Å². The Morgan fingerprint density at radius 3 is 2.62 bits per heavy atom. The first-order valence-electron chi connectivity index (χ1n) is 8.49. The summed E-state index contributed by atoms with van der Waals surface area (Å²) in [7, 11) is 0. The normalized spacial score (nSPS) is 14.5. The van der Waals surface area contributed by atoms with Crippen LogP contribution >= 0.6 is 0 Å². The molecule has 1 aliphatic heterocycles. The Balaban J connectivity index is 1.29. The number of imidazole rings is 1. The highest BCUT2D eigenvalue weighted by Gasteiger charge is 2.35. The van der Waals surface area contributed by atoms with Gasteiger partial charge in [-0.15, -0.1) is 5.10 Å². The second-order valence-corrected chi connectivity index (χ2v) is 6.40. The molecule has 0 bridgehead atoms. The molecule has 0 saturated carbocycles. The van der Waals surface area contributed by atoms with E-state index in [9.17, 15) is 4.79 Å². The van der Waals surface area contributed by atoms with Gasteiger partial charge in [0.15, 0.2) is 5.69 Å². The maximum Gasteiger partial charge on any atom is 0.276 e. The number of nitrogens with one attached hydrogen (secondary N) is 1. The molecule has 0 radical (unpaired) electrons. The van der Waals surface area contributed by atoms with Gasteiger partial charge in [0.2, 0.25) is 0 Å². The van der Waals surface area contributed by atoms with E-state index in [1.165, 1.54) is 11.0 Å². The number of likely N-dealkylation sites (tertiary alicyclic amines) is 1. The first-order chi connectivity index (χ1) is 12.8. The molecule has 128 valence electrons. The summed E-state index contributed by atoms with van der Waals surface area (Å²) in [5.74, 6) is 1.07. The first kappa shape index (κ1) is 14.8. The van der Waals surface area contributed by atoms with Gasteiger partial charge >= 0.3 is 0 Å². The number of aromatic amines is 1. The lowest BCUT2D eigenvalue weighted by Crippen LogP contribution is -2.49. The zero-order chi connectivity index (χ0) is 17.5. The Kier molecular flexibility index (Phi) is 3.31. The Bertz CT molecular complexity index is 1040. The fourth-order valence-electron chi connectivity index (χ4n) is 3.19. The van der Waals surface area contributed by atoms with Gasteiger partial charge in [-0.2, -0.15) is 9.90 Å². The minimum absolute atomic E-state index is 0.0976. The Hall–Kier alpha value is -3.48. The van der Waals surface area contributed by atoms with E-state index in [4.69, 9.17) is 0 Å². The van der Waals surface area contributed by atoms with Crippen LogP contribution in [0, 0.1) is 0 Å². The van der Waals surface area contributed by atoms with Crippen LogP contribution in [-0.2, 0) is 0 Å². The number of benzene rings is 2. The number of hydrogen-bond donors (Lipinski definition) is 1. The van der Waals surface area contributed by atoms with Crippen LogP contribution in [0.25, 0.3) is 16.7 Å². The van der Waals surface area contributed by atoms with Crippen molar-refractivity contribution in [3.8, 4) is 5.69 Å². The van der Waals surface area contributed by atoms with E-state index in [-0.39, 0.29) is 11.8 Å². The molecule has 3 heterocycles. The molecule has 0 aliphatic carbocycles. The van der Waals surface area contributed by atoms with Gasteiger partial charge in [0.05, 0.1) is 28.8 Å². The molecule has 7 heteroatoms. The number of rotatable bonds is 3. The molecule has 0 spiro atoms. The van der Waals surface area contributed by atoms with Crippen LogP contribution in [0.15, 0.2) is 60.8 Å². The molecule has 7 nitrogen and oxygen atoms in total. The van der Waals surface area contributed by atoms with Crippen molar-refractivity contribution in [2.45, 2.75) is 5.92 Å². The third-order valence-electron chi connectivity index (χ3n) is 4.66. The molecule has 1 N–H and O–H groups in total. The summed E-state index contributed by atoms with van der Waals surface area (Å²) >= 11 is 0. The molecular formula is C19H16N6O. The van der Waals surface area contributed by atoms with Crippen molar-refractivity contribution in [1.29, 1.82) is 0 Å². The largest absolute Gasteiger partial charge is 0.342 e. The third kappa shape index (κ3) is 2.45. The maximum absolute atomic E-state index is 12.6. The summed E-state index contributed by atoms with van der Waals surface area (Å²) in [6.45, 7) is 1.27. The summed E-state index contributed by atoms with van der Waals surface area (Å²) in [6.07, 6.45) is 1.52. The van der Waals surface area contributed by atoms with E-state index in [0.29, 0.717) is 18.8 Å². The van der Waals surface area contributed by atoms with Crippen LogP contribution < -0.4 is 0 Å². The van der Waals surface area contributed by atoms with Gasteiger partial charge in [0.25, 0.3) is 5.91 Å². The van der Waals surface area contributed by atoms with Crippen LogP contribution in [0.5, 0.6) is 0 Å². The van der Waals surface area contributed by atoms with Crippen LogP contribution in [0.4, 0.5) is 0 Å². The van der Waals surface area contributed by atoms with Gasteiger partial charge in [0, 0.05) is 13.1 Å². The number of carbonyl (C=O) groups is 1. The minimum Gasteiger partial charge on any atom is -0.342 e. The zero-order valence-electron chi connectivity index (χ0n) is 13.9. The third-order valence-corrected chi connectivity index (χ3v) is 4.66. The Labute approximate surface area is 149 Å². The molecule has 1 saturated heterocycles. The second-order valence-electron chi connectivity index (χ2n) is 6.40. The number of fused-ring (bicyclic) bond motifs is 1. The highest BCUT2D eigenvalue weighted by atomic mass is 16.2. The average molecular weight is 344 g/mol. The first-order valence-corrected chi connectivity index (χ1v) is 8.49. The van der Waals surface area contributed by atoms with Gasteiger partial charge in [-0.3, -0.25) is 4.79 Å². The smallest absolute Gasteiger partial charge is 0.276 e. The fourth-order valence-corrected chi connectivity index (χ4v) is 3.19. The van der Waals surface area contributed by atoms with Gasteiger partial charge in [-0.1, -0.05) is 30.3 Å². The predicted molar refractivity (Wildman–Crippen MR) is 96.1 cm³/mol.